The molecule has 0 aromatic carbocycles. The van der Waals surface area contributed by atoms with Gasteiger partial charge in [0, 0.05) is 24.2 Å². The van der Waals surface area contributed by atoms with Gasteiger partial charge in [-0.3, -0.25) is 0 Å². The van der Waals surface area contributed by atoms with Crippen molar-refractivity contribution < 1.29 is 14.3 Å². The number of nitrogens with two attached hydrogens (primary N) is 1. The van der Waals surface area contributed by atoms with E-state index in [-0.39, 0.29) is 29.3 Å². The van der Waals surface area contributed by atoms with Crippen LogP contribution in [0.3, 0.4) is 0 Å². The van der Waals surface area contributed by atoms with Gasteiger partial charge in [0.25, 0.3) is 5.88 Å². The Labute approximate surface area is 210 Å². The van der Waals surface area contributed by atoms with E-state index in [2.05, 4.69) is 56.3 Å². The largest absolute Gasteiger partial charge is 0.478 e. The van der Waals surface area contributed by atoms with E-state index in [1.54, 1.807) is 26.1 Å². The third-order valence-corrected chi connectivity index (χ3v) is 5.08. The molecule has 0 unspecified atom stereocenters. The number of H-pyrrole nitrogens is 1. The molecule has 194 valence electrons. The number of nitrogens with zero attached hydrogens (tertiary/aromatic N) is 5. The Morgan fingerprint density at radius 3 is 2.50 bits per heavy atom. The molecule has 0 aliphatic rings. The molecule has 0 saturated heterocycles. The van der Waals surface area contributed by atoms with Crippen molar-refractivity contribution in [3.63, 3.8) is 0 Å². The first-order chi connectivity index (χ1) is 16.9. The average molecular weight is 498 g/mol. The van der Waals surface area contributed by atoms with Crippen molar-refractivity contribution >= 4 is 17.9 Å². The van der Waals surface area contributed by atoms with E-state index < -0.39 is 6.09 Å². The van der Waals surface area contributed by atoms with Gasteiger partial charge < -0.3 is 30.8 Å². The predicted octanol–water partition coefficient (Wildman–Crippen LogP) is 3.46. The van der Waals surface area contributed by atoms with E-state index in [0.29, 0.717) is 41.0 Å². The number of aryl methyl sites for hydroxylation is 1. The van der Waals surface area contributed by atoms with Crippen LogP contribution in [-0.2, 0) is 10.2 Å². The molecular weight excluding hydrogens is 462 g/mol. The summed E-state index contributed by atoms with van der Waals surface area (Å²) in [5.41, 5.74) is 8.72. The number of hydrogen-bond acceptors (Lipinski definition) is 10. The number of hydrogen-bond donors (Lipinski definition) is 4. The molecule has 0 aliphatic carbocycles. The van der Waals surface area contributed by atoms with Gasteiger partial charge in [-0.05, 0) is 33.8 Å². The molecule has 1 atom stereocenters. The topological polar surface area (TPSA) is 166 Å². The van der Waals surface area contributed by atoms with Crippen LogP contribution < -0.4 is 21.1 Å². The SMILES string of the molecule is COc1nc(-c2[nH]c(C(C)(C)C)nc2-c2ccnc(NC[C@H](C)NC(=O)OC(C)C)n2)c(C)nc1N. The van der Waals surface area contributed by atoms with Crippen molar-refractivity contribution in [2.24, 2.45) is 0 Å². The molecular formula is C24H35N9O3. The molecule has 0 fully saturated rings. The van der Waals surface area contributed by atoms with Crippen LogP contribution in [0.4, 0.5) is 16.6 Å². The number of ether oxygens (including phenoxy) is 2. The molecule has 0 saturated carbocycles. The number of nitrogen functional groups attached to an aromatic ring is 1. The minimum Gasteiger partial charge on any atom is -0.478 e. The van der Waals surface area contributed by atoms with Gasteiger partial charge >= 0.3 is 6.09 Å². The highest BCUT2D eigenvalue weighted by Gasteiger charge is 2.26. The Hall–Kier alpha value is -3.96. The maximum atomic E-state index is 11.8. The molecule has 0 aliphatic heterocycles. The normalized spacial score (nSPS) is 12.4. The molecule has 3 aromatic heterocycles. The second-order valence-corrected chi connectivity index (χ2v) is 9.76. The zero-order chi connectivity index (χ0) is 26.6. The van der Waals surface area contributed by atoms with Gasteiger partial charge in [-0.1, -0.05) is 20.8 Å². The lowest BCUT2D eigenvalue weighted by atomic mass is 9.96. The smallest absolute Gasteiger partial charge is 0.407 e. The number of amides is 1. The number of alkyl carbamates (subject to hydrolysis) is 1. The molecule has 1 amide bonds. The first-order valence-corrected chi connectivity index (χ1v) is 11.7. The van der Waals surface area contributed by atoms with Crippen LogP contribution in [0.15, 0.2) is 12.3 Å². The Balaban J connectivity index is 1.93. The molecule has 12 nitrogen and oxygen atoms in total. The van der Waals surface area contributed by atoms with Crippen LogP contribution >= 0.6 is 0 Å². The summed E-state index contributed by atoms with van der Waals surface area (Å²) in [6.07, 6.45) is 0.980. The lowest BCUT2D eigenvalue weighted by Crippen LogP contribution is -2.38. The van der Waals surface area contributed by atoms with Crippen molar-refractivity contribution in [2.75, 3.05) is 24.7 Å². The van der Waals surface area contributed by atoms with Gasteiger partial charge in [0.1, 0.15) is 17.2 Å². The van der Waals surface area contributed by atoms with Gasteiger partial charge in [-0.25, -0.2) is 29.7 Å². The van der Waals surface area contributed by atoms with Crippen LogP contribution in [0.5, 0.6) is 5.88 Å². The minimum absolute atomic E-state index is 0.194. The Morgan fingerprint density at radius 1 is 1.14 bits per heavy atom. The quantitative estimate of drug-likeness (QED) is 0.362. The fraction of sp³-hybridized carbons (Fsp3) is 0.500. The van der Waals surface area contributed by atoms with E-state index in [1.165, 1.54) is 7.11 Å². The van der Waals surface area contributed by atoms with Gasteiger partial charge in [0.05, 0.1) is 30.3 Å². The van der Waals surface area contributed by atoms with E-state index in [0.717, 1.165) is 5.82 Å². The van der Waals surface area contributed by atoms with Crippen LogP contribution in [0, 0.1) is 6.92 Å². The maximum Gasteiger partial charge on any atom is 0.407 e. The van der Waals surface area contributed by atoms with Crippen molar-refractivity contribution in [1.82, 2.24) is 35.2 Å². The number of methoxy groups -OCH3 is 1. The number of rotatable bonds is 8. The summed E-state index contributed by atoms with van der Waals surface area (Å²) in [5, 5.41) is 5.92. The number of imidazole rings is 1. The molecule has 0 bridgehead atoms. The number of aromatic amines is 1. The van der Waals surface area contributed by atoms with E-state index in [9.17, 15) is 4.79 Å². The van der Waals surface area contributed by atoms with Crippen molar-refractivity contribution in [2.45, 2.75) is 66.0 Å². The molecule has 3 rings (SSSR count). The average Bonchev–Trinajstić information content (AvgIpc) is 3.23. The Bertz CT molecular complexity index is 1220. The van der Waals surface area contributed by atoms with Crippen LogP contribution in [0.1, 0.15) is 53.1 Å². The standard InChI is InChI=1S/C24H35N9O3/c1-12(2)36-23(34)28-13(3)11-27-22-26-10-9-15(30-22)17-18(33-21(32-17)24(5,6)7)16-14(4)29-19(25)20(31-16)35-8/h9-10,12-13H,11H2,1-8H3,(H2,25,29)(H,28,34)(H,32,33)(H,26,27,30)/t13-/m0/s1. The van der Waals surface area contributed by atoms with Gasteiger partial charge in [-0.15, -0.1) is 0 Å². The molecule has 0 radical (unpaired) electrons. The van der Waals surface area contributed by atoms with E-state index in [1.807, 2.05) is 13.8 Å². The molecule has 0 spiro atoms. The zero-order valence-electron chi connectivity index (χ0n) is 22.1. The fourth-order valence-corrected chi connectivity index (χ4v) is 3.31. The molecule has 36 heavy (non-hydrogen) atoms. The highest BCUT2D eigenvalue weighted by molar-refractivity contribution is 5.77. The molecule has 3 heterocycles. The van der Waals surface area contributed by atoms with E-state index >= 15 is 0 Å². The summed E-state index contributed by atoms with van der Waals surface area (Å²) in [6.45, 7) is 13.9. The molecule has 5 N–H and O–H groups in total. The van der Waals surface area contributed by atoms with Crippen molar-refractivity contribution in [1.29, 1.82) is 0 Å². The number of carbonyl (C=O) groups is 1. The van der Waals surface area contributed by atoms with Gasteiger partial charge in [-0.2, -0.15) is 0 Å². The van der Waals surface area contributed by atoms with Crippen molar-refractivity contribution in [3.05, 3.63) is 23.8 Å². The fourth-order valence-electron chi connectivity index (χ4n) is 3.31. The minimum atomic E-state index is -0.472. The second-order valence-electron chi connectivity index (χ2n) is 9.76. The highest BCUT2D eigenvalue weighted by atomic mass is 16.6. The number of carbonyl (C=O) groups excluding carboxylic acids is 1. The maximum absolute atomic E-state index is 11.8. The molecule has 12 heteroatoms. The van der Waals surface area contributed by atoms with Crippen LogP contribution in [-0.4, -0.2) is 61.8 Å². The highest BCUT2D eigenvalue weighted by Crippen LogP contribution is 2.34. The number of nitrogens with one attached hydrogen (secondary N) is 3. The Kier molecular flexibility index (Phi) is 7.96. The summed E-state index contributed by atoms with van der Waals surface area (Å²) < 4.78 is 10.4. The van der Waals surface area contributed by atoms with Crippen molar-refractivity contribution in [3.8, 4) is 28.7 Å². The summed E-state index contributed by atoms with van der Waals surface area (Å²) in [7, 11) is 1.49. The number of aromatic nitrogens is 6. The second kappa shape index (κ2) is 10.8. The van der Waals surface area contributed by atoms with E-state index in [4.69, 9.17) is 20.2 Å². The lowest BCUT2D eigenvalue weighted by molar-refractivity contribution is 0.113. The summed E-state index contributed by atoms with van der Waals surface area (Å²) in [5.74, 6) is 1.60. The third kappa shape index (κ3) is 6.37. The summed E-state index contributed by atoms with van der Waals surface area (Å²) in [6, 6.07) is 1.56. The Morgan fingerprint density at radius 2 is 1.86 bits per heavy atom. The number of anilines is 2. The van der Waals surface area contributed by atoms with Gasteiger partial charge in [0.15, 0.2) is 5.82 Å². The summed E-state index contributed by atoms with van der Waals surface area (Å²) >= 11 is 0. The predicted molar refractivity (Wildman–Crippen MR) is 138 cm³/mol. The first kappa shape index (κ1) is 26.6. The van der Waals surface area contributed by atoms with Crippen LogP contribution in [0.2, 0.25) is 0 Å². The monoisotopic (exact) mass is 497 g/mol. The molecule has 3 aromatic rings. The summed E-state index contributed by atoms with van der Waals surface area (Å²) in [4.78, 5) is 38.0. The first-order valence-electron chi connectivity index (χ1n) is 11.7. The third-order valence-electron chi connectivity index (χ3n) is 5.08. The lowest BCUT2D eigenvalue weighted by Gasteiger charge is -2.16. The zero-order valence-corrected chi connectivity index (χ0v) is 22.1. The van der Waals surface area contributed by atoms with Crippen LogP contribution in [0.25, 0.3) is 22.8 Å². The van der Waals surface area contributed by atoms with Gasteiger partial charge in [0.2, 0.25) is 5.95 Å².